The molecule has 12 nitrogen and oxygen atoms in total. The largest absolute Gasteiger partial charge is 0.493 e. The van der Waals surface area contributed by atoms with Crippen molar-refractivity contribution in [1.29, 1.82) is 0 Å². The summed E-state index contributed by atoms with van der Waals surface area (Å²) in [5.41, 5.74) is -0.674. The molecule has 0 atom stereocenters. The normalized spacial score (nSPS) is 10.4. The van der Waals surface area contributed by atoms with Crippen molar-refractivity contribution in [3.63, 3.8) is 0 Å². The summed E-state index contributed by atoms with van der Waals surface area (Å²) in [6, 6.07) is 5.36. The molecule has 12 heteroatoms. The van der Waals surface area contributed by atoms with Gasteiger partial charge in [-0.05, 0) is 18.2 Å². The average molecular weight is 514 g/mol. The molecule has 194 valence electrons. The van der Waals surface area contributed by atoms with Crippen LogP contribution < -0.4 is 33.8 Å². The second kappa shape index (κ2) is 10.8. The van der Waals surface area contributed by atoms with Gasteiger partial charge >= 0.3 is 23.9 Å². The van der Waals surface area contributed by atoms with Crippen LogP contribution in [0.4, 0.5) is 0 Å². The molecule has 37 heavy (non-hydrogen) atoms. The Bertz CT molecular complexity index is 1480. The molecule has 3 rings (SSSR count). The maximum Gasteiger partial charge on any atom is 0.308 e. The fourth-order valence-corrected chi connectivity index (χ4v) is 3.39. The summed E-state index contributed by atoms with van der Waals surface area (Å²) in [7, 11) is 2.48. The first-order valence-corrected chi connectivity index (χ1v) is 10.6. The molecule has 0 aliphatic heterocycles. The maximum absolute atomic E-state index is 13.6. The van der Waals surface area contributed by atoms with Gasteiger partial charge in [0.25, 0.3) is 0 Å². The van der Waals surface area contributed by atoms with Crippen molar-refractivity contribution in [3.05, 3.63) is 34.5 Å². The van der Waals surface area contributed by atoms with Crippen LogP contribution in [0, 0.1) is 0 Å². The summed E-state index contributed by atoms with van der Waals surface area (Å²) in [4.78, 5) is 60.1. The Morgan fingerprint density at radius 2 is 1.22 bits per heavy atom. The van der Waals surface area contributed by atoms with Crippen LogP contribution in [0.2, 0.25) is 0 Å². The summed E-state index contributed by atoms with van der Waals surface area (Å²) in [6.07, 6.45) is 0. The molecule has 0 unspecified atom stereocenters. The lowest BCUT2D eigenvalue weighted by Crippen LogP contribution is -2.14. The number of benzene rings is 2. The predicted octanol–water partition coefficient (Wildman–Crippen LogP) is 3.18. The highest BCUT2D eigenvalue weighted by Crippen LogP contribution is 2.45. The fourth-order valence-electron chi connectivity index (χ4n) is 3.39. The molecule has 1 heterocycles. The highest BCUT2D eigenvalue weighted by molar-refractivity contribution is 5.94. The predicted molar refractivity (Wildman–Crippen MR) is 126 cm³/mol. The number of carbonyl (C=O) groups excluding carboxylic acids is 4. The Hall–Kier alpha value is -4.87. The molecular weight excluding hydrogens is 492 g/mol. The van der Waals surface area contributed by atoms with E-state index in [-0.39, 0.29) is 51.0 Å². The van der Waals surface area contributed by atoms with Crippen LogP contribution in [0.3, 0.4) is 0 Å². The fraction of sp³-hybridized carbons (Fsp3) is 0.240. The summed E-state index contributed by atoms with van der Waals surface area (Å²) in [5.74, 6) is -4.24. The van der Waals surface area contributed by atoms with E-state index in [0.717, 1.165) is 20.8 Å². The summed E-state index contributed by atoms with van der Waals surface area (Å²) in [5, 5.41) is -0.260. The van der Waals surface area contributed by atoms with E-state index in [9.17, 15) is 24.0 Å². The molecule has 0 saturated carbocycles. The van der Waals surface area contributed by atoms with Crippen molar-refractivity contribution in [2.24, 2.45) is 0 Å². The monoisotopic (exact) mass is 514 g/mol. The lowest BCUT2D eigenvalue weighted by Gasteiger charge is -2.16. The SMILES string of the molecule is COc1cc2oc(-c3ccc(OC(C)=O)c(OC(C)=O)c3)c(OC)c(=O)c2c(OC(C)=O)c1OC(C)=O. The molecule has 0 bridgehead atoms. The molecule has 0 N–H and O–H groups in total. The van der Waals surface area contributed by atoms with Crippen molar-refractivity contribution in [2.75, 3.05) is 14.2 Å². The van der Waals surface area contributed by atoms with Crippen LogP contribution in [-0.4, -0.2) is 38.1 Å². The van der Waals surface area contributed by atoms with Crippen LogP contribution in [0.25, 0.3) is 22.3 Å². The zero-order valence-corrected chi connectivity index (χ0v) is 20.7. The van der Waals surface area contributed by atoms with Gasteiger partial charge in [-0.3, -0.25) is 24.0 Å². The van der Waals surface area contributed by atoms with Crippen molar-refractivity contribution in [2.45, 2.75) is 27.7 Å². The standard InChI is InChI=1S/C25H22O12/c1-11(26)33-16-8-7-15(9-17(16)34-12(2)27)22-25(32-6)21(30)20-18(37-22)10-19(31-5)23(35-13(3)28)24(20)36-14(4)29/h7-10H,1-6H3. The van der Waals surface area contributed by atoms with Gasteiger partial charge in [0.2, 0.25) is 16.9 Å². The van der Waals surface area contributed by atoms with Crippen LogP contribution in [0.1, 0.15) is 27.7 Å². The zero-order chi connectivity index (χ0) is 27.4. The number of ether oxygens (including phenoxy) is 6. The molecule has 0 fully saturated rings. The Labute approximate surface area is 209 Å². The van der Waals surface area contributed by atoms with E-state index in [1.807, 2.05) is 0 Å². The smallest absolute Gasteiger partial charge is 0.308 e. The highest BCUT2D eigenvalue weighted by atomic mass is 16.6. The third kappa shape index (κ3) is 5.69. The Morgan fingerprint density at radius 3 is 1.76 bits per heavy atom. The third-order valence-electron chi connectivity index (χ3n) is 4.65. The van der Waals surface area contributed by atoms with Gasteiger partial charge in [-0.2, -0.15) is 0 Å². The van der Waals surface area contributed by atoms with Crippen LogP contribution in [-0.2, 0) is 19.2 Å². The topological polar surface area (TPSA) is 154 Å². The maximum atomic E-state index is 13.6. The second-order valence-electron chi connectivity index (χ2n) is 7.44. The van der Waals surface area contributed by atoms with Crippen molar-refractivity contribution >= 4 is 34.8 Å². The van der Waals surface area contributed by atoms with E-state index >= 15 is 0 Å². The molecule has 0 saturated heterocycles. The van der Waals surface area contributed by atoms with Gasteiger partial charge in [0.05, 0.1) is 14.2 Å². The van der Waals surface area contributed by atoms with Crippen molar-refractivity contribution in [1.82, 2.24) is 0 Å². The number of hydrogen-bond donors (Lipinski definition) is 0. The summed E-state index contributed by atoms with van der Waals surface area (Å²) >= 11 is 0. The molecule has 0 amide bonds. The first-order chi connectivity index (χ1) is 17.5. The van der Waals surface area contributed by atoms with Crippen LogP contribution >= 0.6 is 0 Å². The Kier molecular flexibility index (Phi) is 7.81. The van der Waals surface area contributed by atoms with E-state index in [1.165, 1.54) is 45.4 Å². The van der Waals surface area contributed by atoms with Gasteiger partial charge in [-0.15, -0.1) is 0 Å². The lowest BCUT2D eigenvalue weighted by atomic mass is 10.1. The number of hydrogen-bond acceptors (Lipinski definition) is 12. The van der Waals surface area contributed by atoms with Gasteiger partial charge in [-0.1, -0.05) is 0 Å². The molecule has 1 aromatic heterocycles. The first kappa shape index (κ1) is 26.7. The number of methoxy groups -OCH3 is 2. The Morgan fingerprint density at radius 1 is 0.649 bits per heavy atom. The molecule has 0 radical (unpaired) electrons. The molecule has 0 spiro atoms. The minimum atomic E-state index is -0.808. The van der Waals surface area contributed by atoms with E-state index in [1.54, 1.807) is 0 Å². The second-order valence-corrected chi connectivity index (χ2v) is 7.44. The van der Waals surface area contributed by atoms with Gasteiger partial charge in [0, 0.05) is 39.3 Å². The van der Waals surface area contributed by atoms with E-state index < -0.39 is 35.1 Å². The Balaban J connectivity index is 2.39. The summed E-state index contributed by atoms with van der Waals surface area (Å²) < 4.78 is 37.2. The minimum Gasteiger partial charge on any atom is -0.493 e. The van der Waals surface area contributed by atoms with E-state index in [4.69, 9.17) is 32.8 Å². The number of fused-ring (bicyclic) bond motifs is 1. The highest BCUT2D eigenvalue weighted by Gasteiger charge is 2.28. The molecule has 0 aliphatic carbocycles. The van der Waals surface area contributed by atoms with E-state index in [0.29, 0.717) is 0 Å². The van der Waals surface area contributed by atoms with E-state index in [2.05, 4.69) is 0 Å². The molecule has 0 aliphatic rings. The quantitative estimate of drug-likeness (QED) is 0.336. The minimum absolute atomic E-state index is 0.0432. The lowest BCUT2D eigenvalue weighted by molar-refractivity contribution is -0.134. The van der Waals surface area contributed by atoms with Gasteiger partial charge < -0.3 is 32.8 Å². The molecular formula is C25H22O12. The van der Waals surface area contributed by atoms with Crippen LogP contribution in [0.15, 0.2) is 33.5 Å². The van der Waals surface area contributed by atoms with Gasteiger partial charge in [-0.25, -0.2) is 0 Å². The molecule has 2 aromatic carbocycles. The van der Waals surface area contributed by atoms with Gasteiger partial charge in [0.15, 0.2) is 28.8 Å². The first-order valence-electron chi connectivity index (χ1n) is 10.6. The molecule has 3 aromatic rings. The summed E-state index contributed by atoms with van der Waals surface area (Å²) in [6.45, 7) is 4.55. The number of esters is 4. The van der Waals surface area contributed by atoms with Crippen molar-refractivity contribution < 1.29 is 52.0 Å². The number of carbonyl (C=O) groups is 4. The number of rotatable bonds is 7. The van der Waals surface area contributed by atoms with Gasteiger partial charge in [0.1, 0.15) is 11.0 Å². The third-order valence-corrected chi connectivity index (χ3v) is 4.65. The zero-order valence-electron chi connectivity index (χ0n) is 20.7. The average Bonchev–Trinajstić information content (AvgIpc) is 2.80. The van der Waals surface area contributed by atoms with Crippen molar-refractivity contribution in [3.8, 4) is 45.8 Å². The van der Waals surface area contributed by atoms with Crippen LogP contribution in [0.5, 0.6) is 34.5 Å².